The van der Waals surface area contributed by atoms with Crippen molar-refractivity contribution in [3.8, 4) is 0 Å². The number of hydrogen-bond donors (Lipinski definition) is 1. The lowest BCUT2D eigenvalue weighted by atomic mass is 9.49. The highest BCUT2D eigenvalue weighted by Crippen LogP contribution is 2.60. The van der Waals surface area contributed by atoms with Crippen LogP contribution >= 0.6 is 11.8 Å². The lowest BCUT2D eigenvalue weighted by Crippen LogP contribution is -2.48. The summed E-state index contributed by atoms with van der Waals surface area (Å²) in [6, 6.07) is 14.1. The van der Waals surface area contributed by atoms with E-state index < -0.39 is 0 Å². The zero-order valence-electron chi connectivity index (χ0n) is 16.8. The lowest BCUT2D eigenvalue weighted by molar-refractivity contribution is -0.113. The molecule has 0 saturated heterocycles. The van der Waals surface area contributed by atoms with Gasteiger partial charge in [-0.2, -0.15) is 0 Å². The SMILES string of the molecule is O=C(CSc1nnc(C23CC4CC(CC(C4)C2)C3)o1)Nc1ccc2ccccc2c1. The zero-order chi connectivity index (χ0) is 20.1. The van der Waals surface area contributed by atoms with Crippen molar-refractivity contribution in [1.82, 2.24) is 10.2 Å². The molecule has 2 aromatic carbocycles. The molecule has 4 bridgehead atoms. The highest BCUT2D eigenvalue weighted by molar-refractivity contribution is 7.99. The molecule has 3 aromatic rings. The summed E-state index contributed by atoms with van der Waals surface area (Å²) in [7, 11) is 0. The third kappa shape index (κ3) is 3.31. The fourth-order valence-electron chi connectivity index (χ4n) is 6.45. The van der Waals surface area contributed by atoms with Crippen LogP contribution < -0.4 is 5.32 Å². The van der Waals surface area contributed by atoms with Crippen molar-refractivity contribution in [3.05, 3.63) is 48.4 Å². The van der Waals surface area contributed by atoms with Crippen molar-refractivity contribution in [2.45, 2.75) is 49.2 Å². The molecular weight excluding hydrogens is 394 g/mol. The Balaban J connectivity index is 1.10. The molecule has 6 heteroatoms. The van der Waals surface area contributed by atoms with Crippen molar-refractivity contribution in [3.63, 3.8) is 0 Å². The van der Waals surface area contributed by atoms with Crippen LogP contribution in [0.15, 0.2) is 52.1 Å². The molecule has 4 fully saturated rings. The summed E-state index contributed by atoms with van der Waals surface area (Å²) < 4.78 is 6.09. The topological polar surface area (TPSA) is 68.0 Å². The molecule has 4 aliphatic rings. The maximum atomic E-state index is 12.4. The average molecular weight is 420 g/mol. The Morgan fingerprint density at radius 1 is 1.00 bits per heavy atom. The molecule has 0 spiro atoms. The van der Waals surface area contributed by atoms with E-state index in [2.05, 4.69) is 21.6 Å². The number of aromatic nitrogens is 2. The second-order valence-electron chi connectivity index (χ2n) is 9.47. The van der Waals surface area contributed by atoms with Gasteiger partial charge in [0.2, 0.25) is 11.8 Å². The van der Waals surface area contributed by atoms with Gasteiger partial charge >= 0.3 is 0 Å². The minimum Gasteiger partial charge on any atom is -0.415 e. The van der Waals surface area contributed by atoms with E-state index in [4.69, 9.17) is 4.42 Å². The van der Waals surface area contributed by atoms with Gasteiger partial charge in [-0.1, -0.05) is 42.1 Å². The van der Waals surface area contributed by atoms with Gasteiger partial charge in [-0.15, -0.1) is 10.2 Å². The van der Waals surface area contributed by atoms with Crippen molar-refractivity contribution in [2.75, 3.05) is 11.1 Å². The predicted octanol–water partition coefficient (Wildman–Crippen LogP) is 5.42. The van der Waals surface area contributed by atoms with E-state index >= 15 is 0 Å². The first-order valence-electron chi connectivity index (χ1n) is 10.9. The molecule has 0 aliphatic heterocycles. The predicted molar refractivity (Wildman–Crippen MR) is 117 cm³/mol. The molecule has 1 heterocycles. The summed E-state index contributed by atoms with van der Waals surface area (Å²) in [5.74, 6) is 3.53. The normalized spacial score (nSPS) is 29.4. The summed E-state index contributed by atoms with van der Waals surface area (Å²) in [4.78, 5) is 12.4. The van der Waals surface area contributed by atoms with Gasteiger partial charge in [-0.25, -0.2) is 0 Å². The van der Waals surface area contributed by atoms with Crippen LogP contribution in [0.3, 0.4) is 0 Å². The average Bonchev–Trinajstić information content (AvgIpc) is 3.21. The number of amides is 1. The van der Waals surface area contributed by atoms with Crippen LogP contribution in [-0.2, 0) is 10.2 Å². The molecule has 1 N–H and O–H groups in total. The first-order valence-corrected chi connectivity index (χ1v) is 11.9. The van der Waals surface area contributed by atoms with Crippen LogP contribution in [0.2, 0.25) is 0 Å². The summed E-state index contributed by atoms with van der Waals surface area (Å²) in [5.41, 5.74) is 0.910. The quantitative estimate of drug-likeness (QED) is 0.559. The Hall–Kier alpha value is -2.34. The fourth-order valence-corrected chi connectivity index (χ4v) is 7.01. The maximum absolute atomic E-state index is 12.4. The Labute approximate surface area is 180 Å². The van der Waals surface area contributed by atoms with Gasteiger partial charge in [0.25, 0.3) is 5.22 Å². The van der Waals surface area contributed by atoms with Crippen LogP contribution in [0.5, 0.6) is 0 Å². The molecule has 1 aromatic heterocycles. The minimum absolute atomic E-state index is 0.0650. The van der Waals surface area contributed by atoms with Crippen LogP contribution in [-0.4, -0.2) is 21.9 Å². The van der Waals surface area contributed by atoms with E-state index in [-0.39, 0.29) is 17.1 Å². The van der Waals surface area contributed by atoms with Crippen molar-refractivity contribution >= 4 is 34.1 Å². The molecule has 5 nitrogen and oxygen atoms in total. The Morgan fingerprint density at radius 2 is 1.70 bits per heavy atom. The first kappa shape index (κ1) is 18.4. The van der Waals surface area contributed by atoms with Crippen molar-refractivity contribution < 1.29 is 9.21 Å². The highest BCUT2D eigenvalue weighted by atomic mass is 32.2. The number of nitrogens with zero attached hydrogens (tertiary/aromatic N) is 2. The lowest BCUT2D eigenvalue weighted by Gasteiger charge is -2.55. The second kappa shape index (κ2) is 7.12. The number of benzene rings is 2. The minimum atomic E-state index is -0.0650. The first-order chi connectivity index (χ1) is 14.6. The number of carbonyl (C=O) groups excluding carboxylic acids is 1. The van der Waals surface area contributed by atoms with Gasteiger partial charge in [-0.05, 0) is 79.2 Å². The Morgan fingerprint density at radius 3 is 2.43 bits per heavy atom. The fraction of sp³-hybridized carbons (Fsp3) is 0.458. The van der Waals surface area contributed by atoms with Crippen molar-refractivity contribution in [1.29, 1.82) is 0 Å². The standard InChI is InChI=1S/C24H25N3O2S/c28-21(25-20-6-5-18-3-1-2-4-19(18)10-20)14-30-23-27-26-22(29-23)24-11-15-7-16(12-24)9-17(8-15)13-24/h1-6,10,15-17H,7-9,11-14H2,(H,25,28). The van der Waals surface area contributed by atoms with Crippen molar-refractivity contribution in [2.24, 2.45) is 17.8 Å². The van der Waals surface area contributed by atoms with Gasteiger partial charge in [0.15, 0.2) is 0 Å². The number of hydrogen-bond acceptors (Lipinski definition) is 5. The molecule has 4 saturated carbocycles. The van der Waals surface area contributed by atoms with Gasteiger partial charge in [-0.3, -0.25) is 4.79 Å². The Bertz CT molecular complexity index is 1070. The van der Waals surface area contributed by atoms with Gasteiger partial charge in [0, 0.05) is 11.1 Å². The molecule has 154 valence electrons. The molecule has 7 rings (SSSR count). The van der Waals surface area contributed by atoms with Gasteiger partial charge in [0.05, 0.1) is 5.75 Å². The van der Waals surface area contributed by atoms with E-state index in [1.807, 2.05) is 36.4 Å². The van der Waals surface area contributed by atoms with E-state index in [1.54, 1.807) is 0 Å². The molecule has 0 radical (unpaired) electrons. The molecule has 1 amide bonds. The van der Waals surface area contributed by atoms with E-state index in [1.165, 1.54) is 50.3 Å². The van der Waals surface area contributed by atoms with Crippen LogP contribution in [0, 0.1) is 17.8 Å². The van der Waals surface area contributed by atoms with Crippen LogP contribution in [0.1, 0.15) is 44.4 Å². The summed E-state index contributed by atoms with van der Waals surface area (Å²) >= 11 is 1.32. The monoisotopic (exact) mass is 419 g/mol. The molecule has 4 aliphatic carbocycles. The second-order valence-corrected chi connectivity index (χ2v) is 10.4. The van der Waals surface area contributed by atoms with E-state index in [0.29, 0.717) is 5.22 Å². The Kier molecular flexibility index (Phi) is 4.37. The summed E-state index contributed by atoms with van der Waals surface area (Å²) in [6.45, 7) is 0. The summed E-state index contributed by atoms with van der Waals surface area (Å²) in [6.07, 6.45) is 7.78. The van der Waals surface area contributed by atoms with E-state index in [0.717, 1.165) is 40.1 Å². The third-order valence-electron chi connectivity index (χ3n) is 7.26. The van der Waals surface area contributed by atoms with Gasteiger partial charge < -0.3 is 9.73 Å². The number of rotatable bonds is 5. The maximum Gasteiger partial charge on any atom is 0.277 e. The third-order valence-corrected chi connectivity index (χ3v) is 8.08. The smallest absolute Gasteiger partial charge is 0.277 e. The summed E-state index contributed by atoms with van der Waals surface area (Å²) in [5, 5.41) is 14.4. The molecule has 30 heavy (non-hydrogen) atoms. The van der Waals surface area contributed by atoms with Gasteiger partial charge in [0.1, 0.15) is 0 Å². The number of anilines is 1. The molecule has 0 unspecified atom stereocenters. The zero-order valence-corrected chi connectivity index (χ0v) is 17.7. The number of fused-ring (bicyclic) bond motifs is 1. The van der Waals surface area contributed by atoms with Crippen LogP contribution in [0.4, 0.5) is 5.69 Å². The largest absolute Gasteiger partial charge is 0.415 e. The molecular formula is C24H25N3O2S. The van der Waals surface area contributed by atoms with E-state index in [9.17, 15) is 4.79 Å². The molecule has 0 atom stereocenters. The van der Waals surface area contributed by atoms with Crippen LogP contribution in [0.25, 0.3) is 10.8 Å². The number of thioether (sulfide) groups is 1. The number of nitrogens with one attached hydrogen (secondary N) is 1. The highest BCUT2D eigenvalue weighted by Gasteiger charge is 2.54. The number of carbonyl (C=O) groups is 1.